The van der Waals surface area contributed by atoms with Gasteiger partial charge in [0, 0.05) is 12.6 Å². The molecule has 1 fully saturated rings. The molecule has 1 aliphatic rings. The van der Waals surface area contributed by atoms with E-state index in [0.29, 0.717) is 23.9 Å². The average Bonchev–Trinajstić information content (AvgIpc) is 2.64. The maximum atomic E-state index is 12.4. The monoisotopic (exact) mass is 346 g/mol. The number of carboxylic acids is 1. The molecule has 1 amide bonds. The smallest absolute Gasteiger partial charge is 0.328 e. The second-order valence-electron chi connectivity index (χ2n) is 6.35. The number of carbonyl (C=O) groups excluding carboxylic acids is 1. The Balaban J connectivity index is 1.85. The zero-order chi connectivity index (χ0) is 18.1. The predicted molar refractivity (Wildman–Crippen MR) is 96.0 cm³/mol. The van der Waals surface area contributed by atoms with E-state index in [1.165, 1.54) is 50.6 Å². The Morgan fingerprint density at radius 1 is 1.28 bits per heavy atom. The SMILES string of the molecule is CC[C@@H](Nc1cnc(/C=C/C(=O)O)cn1)C(=O)NCC1CCCCC1. The molecule has 0 saturated heterocycles. The summed E-state index contributed by atoms with van der Waals surface area (Å²) in [4.78, 5) is 31.1. The molecule has 2 rings (SSSR count). The van der Waals surface area contributed by atoms with E-state index in [4.69, 9.17) is 5.11 Å². The van der Waals surface area contributed by atoms with Gasteiger partial charge in [0.1, 0.15) is 11.9 Å². The van der Waals surface area contributed by atoms with Crippen molar-refractivity contribution in [2.24, 2.45) is 5.92 Å². The largest absolute Gasteiger partial charge is 0.478 e. The van der Waals surface area contributed by atoms with Crippen LogP contribution in [0, 0.1) is 5.92 Å². The topological polar surface area (TPSA) is 104 Å². The molecular formula is C18H26N4O3. The molecule has 0 aromatic carbocycles. The Morgan fingerprint density at radius 2 is 2.04 bits per heavy atom. The first-order valence-electron chi connectivity index (χ1n) is 8.85. The summed E-state index contributed by atoms with van der Waals surface area (Å²) in [5, 5.41) is 14.7. The number of nitrogens with zero attached hydrogens (tertiary/aromatic N) is 2. The molecule has 0 spiro atoms. The second-order valence-corrected chi connectivity index (χ2v) is 6.35. The van der Waals surface area contributed by atoms with Crippen molar-refractivity contribution >= 4 is 23.8 Å². The van der Waals surface area contributed by atoms with Crippen molar-refractivity contribution < 1.29 is 14.7 Å². The molecule has 0 bridgehead atoms. The maximum absolute atomic E-state index is 12.4. The van der Waals surface area contributed by atoms with Crippen LogP contribution >= 0.6 is 0 Å². The molecule has 1 aromatic rings. The van der Waals surface area contributed by atoms with Crippen LogP contribution in [0.1, 0.15) is 51.1 Å². The van der Waals surface area contributed by atoms with Crippen molar-refractivity contribution in [3.05, 3.63) is 24.2 Å². The standard InChI is InChI=1S/C18H26N4O3/c1-2-15(18(25)21-10-13-6-4-3-5-7-13)22-16-12-19-14(11-20-16)8-9-17(23)24/h8-9,11-13,15H,2-7,10H2,1H3,(H,20,22)(H,21,25)(H,23,24)/b9-8+/t15-/m1/s1. The predicted octanol–water partition coefficient (Wildman–Crippen LogP) is 2.46. The molecular weight excluding hydrogens is 320 g/mol. The molecule has 1 aliphatic carbocycles. The molecule has 1 saturated carbocycles. The van der Waals surface area contributed by atoms with E-state index in [0.717, 1.165) is 12.6 Å². The number of anilines is 1. The normalized spacial score (nSPS) is 16.5. The lowest BCUT2D eigenvalue weighted by Gasteiger charge is -2.23. The van der Waals surface area contributed by atoms with E-state index in [9.17, 15) is 9.59 Å². The lowest BCUT2D eigenvalue weighted by Crippen LogP contribution is -2.41. The van der Waals surface area contributed by atoms with Gasteiger partial charge in [0.2, 0.25) is 5.91 Å². The minimum Gasteiger partial charge on any atom is -0.478 e. The van der Waals surface area contributed by atoms with Gasteiger partial charge in [0.25, 0.3) is 0 Å². The zero-order valence-electron chi connectivity index (χ0n) is 14.6. The van der Waals surface area contributed by atoms with Crippen LogP contribution in [0.15, 0.2) is 18.5 Å². The van der Waals surface area contributed by atoms with Crippen molar-refractivity contribution in [2.45, 2.75) is 51.5 Å². The van der Waals surface area contributed by atoms with Crippen LogP contribution in [0.5, 0.6) is 0 Å². The highest BCUT2D eigenvalue weighted by Crippen LogP contribution is 2.22. The molecule has 7 heteroatoms. The Kier molecular flexibility index (Phi) is 7.37. The third-order valence-electron chi connectivity index (χ3n) is 4.41. The van der Waals surface area contributed by atoms with E-state index >= 15 is 0 Å². The van der Waals surface area contributed by atoms with Gasteiger partial charge in [-0.15, -0.1) is 0 Å². The molecule has 1 atom stereocenters. The van der Waals surface area contributed by atoms with Gasteiger partial charge >= 0.3 is 5.97 Å². The highest BCUT2D eigenvalue weighted by Gasteiger charge is 2.19. The summed E-state index contributed by atoms with van der Waals surface area (Å²) in [6.45, 7) is 2.68. The fourth-order valence-electron chi connectivity index (χ4n) is 2.95. The van der Waals surface area contributed by atoms with Gasteiger partial charge in [0.05, 0.1) is 18.1 Å². The number of amides is 1. The lowest BCUT2D eigenvalue weighted by atomic mass is 9.89. The highest BCUT2D eigenvalue weighted by atomic mass is 16.4. The highest BCUT2D eigenvalue weighted by molar-refractivity contribution is 5.85. The van der Waals surface area contributed by atoms with Crippen LogP contribution in [0.25, 0.3) is 6.08 Å². The van der Waals surface area contributed by atoms with E-state index in [1.54, 1.807) is 0 Å². The zero-order valence-corrected chi connectivity index (χ0v) is 14.6. The molecule has 0 radical (unpaired) electrons. The van der Waals surface area contributed by atoms with Crippen LogP contribution in [0.4, 0.5) is 5.82 Å². The number of carbonyl (C=O) groups is 2. The molecule has 3 N–H and O–H groups in total. The van der Waals surface area contributed by atoms with E-state index in [1.807, 2.05) is 6.92 Å². The second kappa shape index (κ2) is 9.76. The van der Waals surface area contributed by atoms with Gasteiger partial charge < -0.3 is 15.7 Å². The van der Waals surface area contributed by atoms with Crippen molar-refractivity contribution in [3.8, 4) is 0 Å². The quantitative estimate of drug-likeness (QED) is 0.625. The molecule has 0 aliphatic heterocycles. The fraction of sp³-hybridized carbons (Fsp3) is 0.556. The van der Waals surface area contributed by atoms with Crippen molar-refractivity contribution in [3.63, 3.8) is 0 Å². The van der Waals surface area contributed by atoms with Crippen LogP contribution < -0.4 is 10.6 Å². The van der Waals surface area contributed by atoms with Gasteiger partial charge in [-0.2, -0.15) is 0 Å². The average molecular weight is 346 g/mol. The Labute approximate surface area is 148 Å². The number of carboxylic acid groups (broad SMARTS) is 1. The third-order valence-corrected chi connectivity index (χ3v) is 4.41. The number of aromatic nitrogens is 2. The number of rotatable bonds is 8. The van der Waals surface area contributed by atoms with E-state index in [2.05, 4.69) is 20.6 Å². The lowest BCUT2D eigenvalue weighted by molar-refractivity contribution is -0.131. The summed E-state index contributed by atoms with van der Waals surface area (Å²) in [6, 6.07) is -0.363. The maximum Gasteiger partial charge on any atom is 0.328 e. The fourth-order valence-corrected chi connectivity index (χ4v) is 2.95. The van der Waals surface area contributed by atoms with E-state index < -0.39 is 5.97 Å². The molecule has 136 valence electrons. The first kappa shape index (κ1) is 18.9. The van der Waals surface area contributed by atoms with Crippen LogP contribution in [-0.4, -0.2) is 39.5 Å². The Morgan fingerprint density at radius 3 is 2.64 bits per heavy atom. The summed E-state index contributed by atoms with van der Waals surface area (Å²) in [5.74, 6) is 0.0249. The minimum atomic E-state index is -1.04. The Hall–Kier alpha value is -2.44. The number of hydrogen-bond donors (Lipinski definition) is 3. The molecule has 25 heavy (non-hydrogen) atoms. The molecule has 1 aromatic heterocycles. The summed E-state index contributed by atoms with van der Waals surface area (Å²) in [7, 11) is 0. The first-order valence-corrected chi connectivity index (χ1v) is 8.85. The molecule has 1 heterocycles. The van der Waals surface area contributed by atoms with Crippen LogP contribution in [0.2, 0.25) is 0 Å². The summed E-state index contributed by atoms with van der Waals surface area (Å²) in [6.07, 6.45) is 12.2. The van der Waals surface area contributed by atoms with Crippen LogP contribution in [-0.2, 0) is 9.59 Å². The number of aliphatic carboxylic acids is 1. The van der Waals surface area contributed by atoms with Gasteiger partial charge in [-0.25, -0.2) is 9.78 Å². The Bertz CT molecular complexity index is 595. The number of nitrogens with one attached hydrogen (secondary N) is 2. The number of hydrogen-bond acceptors (Lipinski definition) is 5. The van der Waals surface area contributed by atoms with Crippen molar-refractivity contribution in [2.75, 3.05) is 11.9 Å². The van der Waals surface area contributed by atoms with Gasteiger partial charge in [-0.3, -0.25) is 9.78 Å². The summed E-state index contributed by atoms with van der Waals surface area (Å²) >= 11 is 0. The van der Waals surface area contributed by atoms with Crippen LogP contribution in [0.3, 0.4) is 0 Å². The summed E-state index contributed by atoms with van der Waals surface area (Å²) in [5.41, 5.74) is 0.447. The van der Waals surface area contributed by atoms with Gasteiger partial charge in [-0.05, 0) is 31.3 Å². The third kappa shape index (κ3) is 6.52. The van der Waals surface area contributed by atoms with Crippen molar-refractivity contribution in [1.82, 2.24) is 15.3 Å². The molecule has 0 unspecified atom stereocenters. The minimum absolute atomic E-state index is 0.0234. The van der Waals surface area contributed by atoms with Gasteiger partial charge in [0.15, 0.2) is 0 Å². The van der Waals surface area contributed by atoms with Crippen molar-refractivity contribution in [1.29, 1.82) is 0 Å². The summed E-state index contributed by atoms with van der Waals surface area (Å²) < 4.78 is 0. The van der Waals surface area contributed by atoms with Gasteiger partial charge in [-0.1, -0.05) is 26.2 Å². The first-order chi connectivity index (χ1) is 12.1. The molecule has 7 nitrogen and oxygen atoms in total. The van der Waals surface area contributed by atoms with E-state index in [-0.39, 0.29) is 11.9 Å².